The quantitative estimate of drug-likeness (QED) is 0.233. The summed E-state index contributed by atoms with van der Waals surface area (Å²) in [6.45, 7) is 2.35. The van der Waals surface area contributed by atoms with E-state index < -0.39 is 23.8 Å². The number of aromatic carboxylic acids is 1. The average Bonchev–Trinajstić information content (AvgIpc) is 3.25. The maximum absolute atomic E-state index is 13.3. The van der Waals surface area contributed by atoms with Gasteiger partial charge in [-0.15, -0.1) is 0 Å². The van der Waals surface area contributed by atoms with Crippen LogP contribution in [0, 0.1) is 0 Å². The predicted octanol–water partition coefficient (Wildman–Crippen LogP) is 3.21. The number of benzene rings is 2. The average molecular weight is 479 g/mol. The van der Waals surface area contributed by atoms with Crippen molar-refractivity contribution in [2.75, 3.05) is 0 Å². The highest BCUT2D eigenvalue weighted by Crippen LogP contribution is 2.15. The third-order valence-corrected chi connectivity index (χ3v) is 5.66. The van der Waals surface area contributed by atoms with E-state index in [1.807, 2.05) is 36.4 Å². The van der Waals surface area contributed by atoms with Crippen molar-refractivity contribution in [1.82, 2.24) is 20.3 Å². The van der Waals surface area contributed by atoms with Gasteiger partial charge in [0.25, 0.3) is 5.91 Å². The molecule has 0 spiro atoms. The first kappa shape index (κ1) is 25.6. The molecule has 0 aliphatic rings. The summed E-state index contributed by atoms with van der Waals surface area (Å²) in [5.41, 5.74) is 3.78. The number of hydroxylamine groups is 1. The summed E-state index contributed by atoms with van der Waals surface area (Å²) in [5, 5.41) is 21.2. The fourth-order valence-electron chi connectivity index (χ4n) is 3.89. The highest BCUT2D eigenvalue weighted by molar-refractivity contribution is 5.93. The van der Waals surface area contributed by atoms with Crippen molar-refractivity contribution in [3.8, 4) is 0 Å². The summed E-state index contributed by atoms with van der Waals surface area (Å²) in [4.78, 5) is 41.1. The van der Waals surface area contributed by atoms with Gasteiger partial charge in [-0.1, -0.05) is 55.8 Å². The molecule has 0 fully saturated rings. The minimum absolute atomic E-state index is 0.103. The third-order valence-electron chi connectivity index (χ3n) is 5.66. The molecule has 1 aromatic heterocycles. The van der Waals surface area contributed by atoms with E-state index >= 15 is 0 Å². The van der Waals surface area contributed by atoms with Gasteiger partial charge in [0.2, 0.25) is 5.91 Å². The molecule has 4 N–H and O–H groups in total. The topological polar surface area (TPSA) is 134 Å². The van der Waals surface area contributed by atoms with Crippen LogP contribution in [0.1, 0.15) is 64.0 Å². The number of hydrogen-bond acceptors (Lipinski definition) is 5. The highest BCUT2D eigenvalue weighted by atomic mass is 16.5. The Bertz CT molecular complexity index is 1160. The lowest BCUT2D eigenvalue weighted by Gasteiger charge is -2.19. The second kappa shape index (κ2) is 12.5. The zero-order chi connectivity index (χ0) is 25.2. The third kappa shape index (κ3) is 7.25. The first-order valence-corrected chi connectivity index (χ1v) is 11.6. The molecule has 2 aromatic carbocycles. The van der Waals surface area contributed by atoms with Crippen LogP contribution in [0.3, 0.4) is 0 Å². The van der Waals surface area contributed by atoms with E-state index in [9.17, 15) is 19.5 Å². The lowest BCUT2D eigenvalue weighted by atomic mass is 10.0. The van der Waals surface area contributed by atoms with Crippen molar-refractivity contribution in [2.45, 2.75) is 51.6 Å². The van der Waals surface area contributed by atoms with Gasteiger partial charge < -0.3 is 15.0 Å². The smallest absolute Gasteiger partial charge is 0.335 e. The number of carboxylic acid groups (broad SMARTS) is 1. The summed E-state index contributed by atoms with van der Waals surface area (Å²) in [5.74, 6) is -1.30. The molecule has 0 bridgehead atoms. The molecule has 184 valence electrons. The van der Waals surface area contributed by atoms with Gasteiger partial charge in [-0.25, -0.2) is 15.3 Å². The number of nitrogens with one attached hydrogen (secondary N) is 2. The molecule has 0 aliphatic carbocycles. The Morgan fingerprint density at radius 2 is 1.80 bits per heavy atom. The number of imidazole rings is 1. The summed E-state index contributed by atoms with van der Waals surface area (Å²) >= 11 is 0. The maximum atomic E-state index is 13.3. The van der Waals surface area contributed by atoms with Gasteiger partial charge in [0.15, 0.2) is 0 Å². The predicted molar refractivity (Wildman–Crippen MR) is 129 cm³/mol. The molecule has 1 heterocycles. The van der Waals surface area contributed by atoms with Gasteiger partial charge in [0, 0.05) is 25.4 Å². The first-order chi connectivity index (χ1) is 16.9. The molecule has 0 radical (unpaired) electrons. The molecule has 3 aromatic rings. The number of hydrogen-bond donors (Lipinski definition) is 4. The molecule has 9 nitrogen and oxygen atoms in total. The second-order valence-corrected chi connectivity index (χ2v) is 8.35. The molecule has 0 saturated heterocycles. The van der Waals surface area contributed by atoms with E-state index in [0.717, 1.165) is 29.8 Å². The van der Waals surface area contributed by atoms with Crippen LogP contribution in [0.4, 0.5) is 0 Å². The number of rotatable bonds is 12. The standard InChI is InChI=1S/C26H30N4O5/c1-2-3-12-23-27-16-22(30(23)17-19-10-7-11-20(13-19)26(33)34)25(32)28-21(15-24(31)29-35)14-18-8-5-4-6-9-18/h4-11,13,16,21,35H,2-3,12,14-15,17H2,1H3,(H,28,32)(H,29,31)(H,33,34). The minimum atomic E-state index is -1.02. The monoisotopic (exact) mass is 478 g/mol. The van der Waals surface area contributed by atoms with Crippen molar-refractivity contribution in [2.24, 2.45) is 0 Å². The fourth-order valence-corrected chi connectivity index (χ4v) is 3.89. The lowest BCUT2D eigenvalue weighted by Crippen LogP contribution is -2.41. The summed E-state index contributed by atoms with van der Waals surface area (Å²) in [6, 6.07) is 15.5. The molecule has 9 heteroatoms. The Hall–Kier alpha value is -3.98. The van der Waals surface area contributed by atoms with Crippen LogP contribution in [0.5, 0.6) is 0 Å². The van der Waals surface area contributed by atoms with Crippen LogP contribution in [0.15, 0.2) is 60.8 Å². The SMILES string of the molecule is CCCCc1ncc(C(=O)NC(CC(=O)NO)Cc2ccccc2)n1Cc1cccc(C(=O)O)c1. The summed E-state index contributed by atoms with van der Waals surface area (Å²) in [7, 11) is 0. The van der Waals surface area contributed by atoms with Gasteiger partial charge in [-0.3, -0.25) is 14.8 Å². The van der Waals surface area contributed by atoms with Crippen molar-refractivity contribution < 1.29 is 24.7 Å². The Balaban J connectivity index is 1.87. The molecule has 1 unspecified atom stereocenters. The highest BCUT2D eigenvalue weighted by Gasteiger charge is 2.22. The van der Waals surface area contributed by atoms with E-state index in [1.54, 1.807) is 22.2 Å². The maximum Gasteiger partial charge on any atom is 0.335 e. The van der Waals surface area contributed by atoms with Crippen LogP contribution >= 0.6 is 0 Å². The number of amides is 2. The molecular formula is C26H30N4O5. The molecule has 0 aliphatic heterocycles. The van der Waals surface area contributed by atoms with Crippen LogP contribution in [-0.2, 0) is 24.2 Å². The Morgan fingerprint density at radius 1 is 1.06 bits per heavy atom. The van der Waals surface area contributed by atoms with Crippen molar-refractivity contribution in [1.29, 1.82) is 0 Å². The van der Waals surface area contributed by atoms with E-state index in [-0.39, 0.29) is 18.5 Å². The van der Waals surface area contributed by atoms with Crippen LogP contribution < -0.4 is 10.8 Å². The number of aromatic nitrogens is 2. The number of unbranched alkanes of at least 4 members (excludes halogenated alkanes) is 1. The van der Waals surface area contributed by atoms with Gasteiger partial charge >= 0.3 is 5.97 Å². The van der Waals surface area contributed by atoms with Gasteiger partial charge in [0.1, 0.15) is 11.5 Å². The van der Waals surface area contributed by atoms with Crippen LogP contribution in [0.25, 0.3) is 0 Å². The van der Waals surface area contributed by atoms with E-state index in [1.165, 1.54) is 12.3 Å². The number of nitrogens with zero attached hydrogens (tertiary/aromatic N) is 2. The Morgan fingerprint density at radius 3 is 2.49 bits per heavy atom. The first-order valence-electron chi connectivity index (χ1n) is 11.6. The Labute approximate surface area is 203 Å². The largest absolute Gasteiger partial charge is 0.478 e. The number of carbonyl (C=O) groups is 3. The zero-order valence-corrected chi connectivity index (χ0v) is 19.6. The zero-order valence-electron chi connectivity index (χ0n) is 19.6. The van der Waals surface area contributed by atoms with Crippen LogP contribution in [-0.4, -0.2) is 43.7 Å². The molecule has 35 heavy (non-hydrogen) atoms. The fraction of sp³-hybridized carbons (Fsp3) is 0.308. The van der Waals surface area contributed by atoms with E-state index in [0.29, 0.717) is 18.5 Å². The molecular weight excluding hydrogens is 448 g/mol. The molecule has 0 saturated carbocycles. The molecule has 1 atom stereocenters. The summed E-state index contributed by atoms with van der Waals surface area (Å²) < 4.78 is 1.79. The van der Waals surface area contributed by atoms with Crippen molar-refractivity contribution in [3.63, 3.8) is 0 Å². The summed E-state index contributed by atoms with van der Waals surface area (Å²) in [6.07, 6.45) is 4.32. The van der Waals surface area contributed by atoms with E-state index in [2.05, 4.69) is 17.2 Å². The number of aryl methyl sites for hydroxylation is 1. The molecule has 2 amide bonds. The minimum Gasteiger partial charge on any atom is -0.478 e. The Kier molecular flexibility index (Phi) is 9.14. The lowest BCUT2D eigenvalue weighted by molar-refractivity contribution is -0.129. The van der Waals surface area contributed by atoms with Gasteiger partial charge in [-0.2, -0.15) is 0 Å². The number of carbonyl (C=O) groups excluding carboxylic acids is 2. The normalized spacial score (nSPS) is 11.6. The van der Waals surface area contributed by atoms with Gasteiger partial charge in [-0.05, 0) is 36.1 Å². The number of carboxylic acids is 1. The van der Waals surface area contributed by atoms with Gasteiger partial charge in [0.05, 0.1) is 11.8 Å². The second-order valence-electron chi connectivity index (χ2n) is 8.35. The molecule has 3 rings (SSSR count). The van der Waals surface area contributed by atoms with Crippen molar-refractivity contribution in [3.05, 3.63) is 89.0 Å². The van der Waals surface area contributed by atoms with E-state index in [4.69, 9.17) is 5.21 Å². The van der Waals surface area contributed by atoms with Crippen LogP contribution in [0.2, 0.25) is 0 Å². The van der Waals surface area contributed by atoms with Crippen molar-refractivity contribution >= 4 is 17.8 Å².